The molecule has 1 N–H and O–H groups in total. The van der Waals surface area contributed by atoms with Crippen molar-refractivity contribution in [3.05, 3.63) is 120 Å². The Balaban J connectivity index is 1.32. The molecule has 11 heteroatoms. The summed E-state index contributed by atoms with van der Waals surface area (Å²) in [6, 6.07) is 26.0. The van der Waals surface area contributed by atoms with E-state index in [0.29, 0.717) is 49.2 Å². The first-order chi connectivity index (χ1) is 25.2. The molecule has 7 atom stereocenters. The van der Waals surface area contributed by atoms with Crippen molar-refractivity contribution in [1.29, 1.82) is 0 Å². The molecule has 5 rings (SSSR count). The van der Waals surface area contributed by atoms with Crippen molar-refractivity contribution in [3.63, 3.8) is 0 Å². The van der Waals surface area contributed by atoms with Gasteiger partial charge in [0.2, 0.25) is 0 Å². The standard InChI is InChI=1S/C41H48O11/c1-4-21-46-22-20-33-34(51-39(44)29-16-10-6-11-17-29)25-35(52-40(45)30-18-12-7-13-19-30)36(50-33)27-47-41(2,3)37-24-31(23-32(26-42)48-37)49-38(43)28-14-8-5-9-15-28/h4-19,31-37,42H,1,20-27H2,2-3H3/t31-,32-,33?,34+,35-,36+,37?/m0/s1. The average molecular weight is 717 g/mol. The first kappa shape index (κ1) is 38.8. The molecule has 0 saturated carbocycles. The largest absolute Gasteiger partial charge is 0.459 e. The van der Waals surface area contributed by atoms with Crippen LogP contribution in [0.2, 0.25) is 0 Å². The number of aliphatic hydroxyl groups excluding tert-OH is 1. The molecule has 0 aromatic heterocycles. The minimum Gasteiger partial charge on any atom is -0.459 e. The van der Waals surface area contributed by atoms with Crippen LogP contribution in [0.1, 0.15) is 70.6 Å². The second-order valence-corrected chi connectivity index (χ2v) is 13.4. The van der Waals surface area contributed by atoms with Gasteiger partial charge in [-0.25, -0.2) is 14.4 Å². The van der Waals surface area contributed by atoms with Gasteiger partial charge in [-0.05, 0) is 50.2 Å². The van der Waals surface area contributed by atoms with Gasteiger partial charge in [0.05, 0.1) is 60.4 Å². The molecule has 278 valence electrons. The van der Waals surface area contributed by atoms with E-state index in [0.717, 1.165) is 0 Å². The minimum atomic E-state index is -0.957. The number of hydrogen-bond acceptors (Lipinski definition) is 11. The van der Waals surface area contributed by atoms with Crippen LogP contribution in [0.25, 0.3) is 0 Å². The van der Waals surface area contributed by atoms with Crippen LogP contribution >= 0.6 is 0 Å². The van der Waals surface area contributed by atoms with Crippen molar-refractivity contribution >= 4 is 17.9 Å². The molecule has 0 aliphatic carbocycles. The number of carbonyl (C=O) groups is 3. The summed E-state index contributed by atoms with van der Waals surface area (Å²) in [6.07, 6.45) is -1.76. The van der Waals surface area contributed by atoms with Crippen molar-refractivity contribution in [2.24, 2.45) is 0 Å². The molecule has 11 nitrogen and oxygen atoms in total. The van der Waals surface area contributed by atoms with Gasteiger partial charge in [-0.2, -0.15) is 0 Å². The van der Waals surface area contributed by atoms with Gasteiger partial charge in [0.1, 0.15) is 24.4 Å². The normalized spacial score (nSPS) is 24.7. The summed E-state index contributed by atoms with van der Waals surface area (Å²) in [7, 11) is 0. The molecule has 0 bridgehead atoms. The predicted octanol–water partition coefficient (Wildman–Crippen LogP) is 5.75. The van der Waals surface area contributed by atoms with Gasteiger partial charge in [0.25, 0.3) is 0 Å². The number of carbonyl (C=O) groups excluding carboxylic acids is 3. The van der Waals surface area contributed by atoms with Crippen molar-refractivity contribution in [2.45, 2.75) is 87.9 Å². The van der Waals surface area contributed by atoms with Crippen molar-refractivity contribution < 1.29 is 52.6 Å². The summed E-state index contributed by atoms with van der Waals surface area (Å²) in [6.45, 7) is 7.79. The van der Waals surface area contributed by atoms with E-state index in [1.165, 1.54) is 0 Å². The Morgan fingerprint density at radius 3 is 1.79 bits per heavy atom. The SMILES string of the molecule is C=CCOCCC1O[C@H](COC(C)(C)C2C[C@@H](OC(=O)c3ccccc3)C[C@@H](CO)O2)[C@@H](OC(=O)c2ccccc2)C[C@H]1OC(=O)c1ccccc1. The second-order valence-electron chi connectivity index (χ2n) is 13.4. The van der Waals surface area contributed by atoms with Gasteiger partial charge in [-0.15, -0.1) is 6.58 Å². The molecular formula is C41H48O11. The third-order valence-corrected chi connectivity index (χ3v) is 9.20. The van der Waals surface area contributed by atoms with Crippen LogP contribution in [0.15, 0.2) is 104 Å². The van der Waals surface area contributed by atoms with Crippen LogP contribution in [0, 0.1) is 0 Å². The molecule has 2 heterocycles. The molecule has 3 aromatic carbocycles. The van der Waals surface area contributed by atoms with Gasteiger partial charge in [0.15, 0.2) is 0 Å². The zero-order valence-electron chi connectivity index (χ0n) is 29.7. The lowest BCUT2D eigenvalue weighted by Gasteiger charge is -2.44. The molecule has 2 fully saturated rings. The molecule has 0 spiro atoms. The Labute approximate surface area is 304 Å². The van der Waals surface area contributed by atoms with E-state index in [-0.39, 0.29) is 19.6 Å². The van der Waals surface area contributed by atoms with Crippen LogP contribution in [-0.2, 0) is 33.2 Å². The third-order valence-electron chi connectivity index (χ3n) is 9.20. The van der Waals surface area contributed by atoms with Gasteiger partial charge >= 0.3 is 17.9 Å². The highest BCUT2D eigenvalue weighted by Gasteiger charge is 2.45. The van der Waals surface area contributed by atoms with E-state index >= 15 is 0 Å². The Morgan fingerprint density at radius 2 is 1.27 bits per heavy atom. The lowest BCUT2D eigenvalue weighted by atomic mass is 9.90. The lowest BCUT2D eigenvalue weighted by Crippen LogP contribution is -2.55. The van der Waals surface area contributed by atoms with Crippen LogP contribution in [-0.4, -0.2) is 97.8 Å². The molecule has 52 heavy (non-hydrogen) atoms. The van der Waals surface area contributed by atoms with Gasteiger partial charge in [-0.1, -0.05) is 60.7 Å². The zero-order valence-corrected chi connectivity index (χ0v) is 29.7. The van der Waals surface area contributed by atoms with E-state index in [4.69, 9.17) is 33.2 Å². The Hall–Kier alpha value is -4.39. The Morgan fingerprint density at radius 1 is 0.750 bits per heavy atom. The highest BCUT2D eigenvalue weighted by atomic mass is 16.6. The maximum Gasteiger partial charge on any atom is 0.338 e. The van der Waals surface area contributed by atoms with Crippen molar-refractivity contribution in [1.82, 2.24) is 0 Å². The molecule has 0 amide bonds. The fourth-order valence-electron chi connectivity index (χ4n) is 6.32. The molecule has 2 aliphatic heterocycles. The van der Waals surface area contributed by atoms with Crippen LogP contribution in [0.5, 0.6) is 0 Å². The fraction of sp³-hybridized carbons (Fsp3) is 0.439. The predicted molar refractivity (Wildman–Crippen MR) is 191 cm³/mol. The van der Waals surface area contributed by atoms with Crippen LogP contribution in [0.4, 0.5) is 0 Å². The Kier molecular flexibility index (Phi) is 14.1. The van der Waals surface area contributed by atoms with Crippen LogP contribution in [0.3, 0.4) is 0 Å². The highest BCUT2D eigenvalue weighted by Crippen LogP contribution is 2.34. The van der Waals surface area contributed by atoms with E-state index in [1.807, 2.05) is 26.0 Å². The number of aliphatic hydroxyl groups is 1. The minimum absolute atomic E-state index is 0.0127. The average Bonchev–Trinajstić information content (AvgIpc) is 3.17. The number of hydrogen-bond donors (Lipinski definition) is 1. The molecule has 2 aliphatic rings. The summed E-state index contributed by atoms with van der Waals surface area (Å²) in [5.41, 5.74) is 0.226. The molecular weight excluding hydrogens is 668 g/mol. The van der Waals surface area contributed by atoms with E-state index in [9.17, 15) is 19.5 Å². The topological polar surface area (TPSA) is 136 Å². The van der Waals surface area contributed by atoms with E-state index < -0.39 is 66.2 Å². The number of ether oxygens (including phenoxy) is 7. The number of esters is 3. The monoisotopic (exact) mass is 716 g/mol. The summed E-state index contributed by atoms with van der Waals surface area (Å²) >= 11 is 0. The van der Waals surface area contributed by atoms with Crippen LogP contribution < -0.4 is 0 Å². The van der Waals surface area contributed by atoms with Gasteiger partial charge in [-0.3, -0.25) is 0 Å². The second kappa shape index (κ2) is 18.9. The summed E-state index contributed by atoms with van der Waals surface area (Å²) in [5, 5.41) is 10.1. The zero-order chi connectivity index (χ0) is 36.9. The summed E-state index contributed by atoms with van der Waals surface area (Å²) in [4.78, 5) is 39.4. The van der Waals surface area contributed by atoms with Crippen molar-refractivity contribution in [2.75, 3.05) is 26.4 Å². The summed E-state index contributed by atoms with van der Waals surface area (Å²) in [5.74, 6) is -1.53. The Bertz CT molecular complexity index is 1580. The fourth-order valence-corrected chi connectivity index (χ4v) is 6.32. The number of rotatable bonds is 16. The smallest absolute Gasteiger partial charge is 0.338 e. The maximum absolute atomic E-state index is 13.3. The first-order valence-corrected chi connectivity index (χ1v) is 17.7. The van der Waals surface area contributed by atoms with Crippen molar-refractivity contribution in [3.8, 4) is 0 Å². The molecule has 2 unspecified atom stereocenters. The van der Waals surface area contributed by atoms with Gasteiger partial charge < -0.3 is 38.3 Å². The number of benzene rings is 3. The molecule has 2 saturated heterocycles. The quantitative estimate of drug-likeness (QED) is 0.0841. The van der Waals surface area contributed by atoms with Gasteiger partial charge in [0, 0.05) is 32.3 Å². The third kappa shape index (κ3) is 10.8. The molecule has 0 radical (unpaired) electrons. The maximum atomic E-state index is 13.3. The lowest BCUT2D eigenvalue weighted by molar-refractivity contribution is -0.228. The summed E-state index contributed by atoms with van der Waals surface area (Å²) < 4.78 is 42.9. The highest BCUT2D eigenvalue weighted by molar-refractivity contribution is 5.90. The first-order valence-electron chi connectivity index (χ1n) is 17.7. The van der Waals surface area contributed by atoms with E-state index in [2.05, 4.69) is 6.58 Å². The molecule has 3 aromatic rings. The van der Waals surface area contributed by atoms with E-state index in [1.54, 1.807) is 84.9 Å².